The van der Waals surface area contributed by atoms with Crippen LogP contribution < -0.4 is 5.32 Å². The Hall–Kier alpha value is -0.790. The molecule has 0 heterocycles. The summed E-state index contributed by atoms with van der Waals surface area (Å²) in [4.78, 5) is 12.2. The van der Waals surface area contributed by atoms with Crippen LogP contribution in [0.5, 0.6) is 0 Å². The molecule has 1 amide bonds. The fourth-order valence-corrected chi connectivity index (χ4v) is 2.89. The summed E-state index contributed by atoms with van der Waals surface area (Å²) in [5.41, 5.74) is 1.29. The molecule has 2 aliphatic rings. The van der Waals surface area contributed by atoms with Gasteiger partial charge >= 0.3 is 0 Å². The minimum absolute atomic E-state index is 0.159. The molecular formula is C14H23NO. The molecule has 2 aliphatic carbocycles. The Bertz CT molecular complexity index is 302. The van der Waals surface area contributed by atoms with E-state index >= 15 is 0 Å². The van der Waals surface area contributed by atoms with Crippen molar-refractivity contribution < 1.29 is 4.79 Å². The number of amides is 1. The number of hydrogen-bond donors (Lipinski definition) is 1. The molecule has 90 valence electrons. The van der Waals surface area contributed by atoms with Gasteiger partial charge < -0.3 is 5.32 Å². The molecule has 1 saturated carbocycles. The predicted molar refractivity (Wildman–Crippen MR) is 66.1 cm³/mol. The summed E-state index contributed by atoms with van der Waals surface area (Å²) in [7, 11) is 0. The SMILES string of the molecule is CCC1=CCC(C)(C(=O)NC2CCCC2)C1. The van der Waals surface area contributed by atoms with Crippen molar-refractivity contribution in [3.05, 3.63) is 11.6 Å². The second-order valence-corrected chi connectivity index (χ2v) is 5.61. The van der Waals surface area contributed by atoms with Gasteiger partial charge in [0, 0.05) is 6.04 Å². The molecule has 16 heavy (non-hydrogen) atoms. The van der Waals surface area contributed by atoms with Gasteiger partial charge in [-0.05, 0) is 32.1 Å². The lowest BCUT2D eigenvalue weighted by Crippen LogP contribution is -2.42. The molecule has 1 N–H and O–H groups in total. The van der Waals surface area contributed by atoms with Crippen molar-refractivity contribution in [2.75, 3.05) is 0 Å². The third-order valence-corrected chi connectivity index (χ3v) is 4.15. The smallest absolute Gasteiger partial charge is 0.226 e. The molecule has 0 saturated heterocycles. The largest absolute Gasteiger partial charge is 0.353 e. The van der Waals surface area contributed by atoms with Crippen LogP contribution in [0.25, 0.3) is 0 Å². The maximum atomic E-state index is 12.2. The minimum Gasteiger partial charge on any atom is -0.353 e. The van der Waals surface area contributed by atoms with E-state index in [0.29, 0.717) is 6.04 Å². The third-order valence-electron chi connectivity index (χ3n) is 4.15. The van der Waals surface area contributed by atoms with Crippen molar-refractivity contribution in [2.24, 2.45) is 5.41 Å². The molecule has 1 atom stereocenters. The zero-order valence-corrected chi connectivity index (χ0v) is 10.5. The molecule has 1 unspecified atom stereocenters. The number of allylic oxidation sites excluding steroid dienone is 2. The highest BCUT2D eigenvalue weighted by atomic mass is 16.2. The van der Waals surface area contributed by atoms with Crippen LogP contribution in [0.2, 0.25) is 0 Å². The van der Waals surface area contributed by atoms with E-state index in [1.807, 2.05) is 0 Å². The molecular weight excluding hydrogens is 198 g/mol. The normalized spacial score (nSPS) is 30.5. The number of rotatable bonds is 3. The van der Waals surface area contributed by atoms with Crippen molar-refractivity contribution in [3.8, 4) is 0 Å². The molecule has 0 aliphatic heterocycles. The molecule has 0 radical (unpaired) electrons. The first-order chi connectivity index (χ1) is 7.64. The highest BCUT2D eigenvalue weighted by Gasteiger charge is 2.37. The van der Waals surface area contributed by atoms with Crippen molar-refractivity contribution in [1.29, 1.82) is 0 Å². The number of carbonyl (C=O) groups excluding carboxylic acids is 1. The summed E-state index contributed by atoms with van der Waals surface area (Å²) < 4.78 is 0. The molecule has 1 fully saturated rings. The number of hydrogen-bond acceptors (Lipinski definition) is 1. The predicted octanol–water partition coefficient (Wildman–Crippen LogP) is 3.18. The lowest BCUT2D eigenvalue weighted by molar-refractivity contribution is -0.130. The van der Waals surface area contributed by atoms with Crippen LogP contribution in [0, 0.1) is 5.41 Å². The minimum atomic E-state index is -0.159. The van der Waals surface area contributed by atoms with Gasteiger partial charge in [-0.2, -0.15) is 0 Å². The standard InChI is InChI=1S/C14H23NO/c1-3-11-8-9-14(2,10-11)13(16)15-12-6-4-5-7-12/h8,12H,3-7,9-10H2,1-2H3,(H,15,16). The van der Waals surface area contributed by atoms with Gasteiger partial charge in [-0.3, -0.25) is 4.79 Å². The van der Waals surface area contributed by atoms with Gasteiger partial charge in [-0.25, -0.2) is 0 Å². The summed E-state index contributed by atoms with van der Waals surface area (Å²) in [5.74, 6) is 0.277. The Labute approximate surface area is 98.5 Å². The Morgan fingerprint density at radius 1 is 1.50 bits per heavy atom. The van der Waals surface area contributed by atoms with Gasteiger partial charge in [0.2, 0.25) is 5.91 Å². The highest BCUT2D eigenvalue weighted by molar-refractivity contribution is 5.83. The number of carbonyl (C=O) groups is 1. The quantitative estimate of drug-likeness (QED) is 0.729. The Morgan fingerprint density at radius 2 is 2.19 bits per heavy atom. The molecule has 0 aromatic carbocycles. The Kier molecular flexibility index (Phi) is 3.36. The van der Waals surface area contributed by atoms with Crippen LogP contribution in [-0.2, 0) is 4.79 Å². The molecule has 2 heteroatoms. The average Bonchev–Trinajstić information content (AvgIpc) is 2.88. The van der Waals surface area contributed by atoms with Crippen molar-refractivity contribution in [3.63, 3.8) is 0 Å². The van der Waals surface area contributed by atoms with Crippen molar-refractivity contribution in [1.82, 2.24) is 5.32 Å². The summed E-state index contributed by atoms with van der Waals surface area (Å²) in [6, 6.07) is 0.454. The van der Waals surface area contributed by atoms with Gasteiger partial charge in [0.15, 0.2) is 0 Å². The van der Waals surface area contributed by atoms with Gasteiger partial charge in [0.25, 0.3) is 0 Å². The van der Waals surface area contributed by atoms with E-state index in [9.17, 15) is 4.79 Å². The lowest BCUT2D eigenvalue weighted by atomic mass is 9.85. The zero-order chi connectivity index (χ0) is 11.6. The van der Waals surface area contributed by atoms with E-state index in [4.69, 9.17) is 0 Å². The second kappa shape index (κ2) is 4.60. The van der Waals surface area contributed by atoms with Crippen LogP contribution in [0.1, 0.15) is 58.8 Å². The van der Waals surface area contributed by atoms with E-state index in [1.54, 1.807) is 0 Å². The third kappa shape index (κ3) is 2.31. The van der Waals surface area contributed by atoms with Crippen molar-refractivity contribution >= 4 is 5.91 Å². The fraction of sp³-hybridized carbons (Fsp3) is 0.786. The van der Waals surface area contributed by atoms with E-state index in [0.717, 1.165) is 19.3 Å². The highest BCUT2D eigenvalue weighted by Crippen LogP contribution is 2.38. The Balaban J connectivity index is 1.89. The fourth-order valence-electron chi connectivity index (χ4n) is 2.89. The lowest BCUT2D eigenvalue weighted by Gasteiger charge is -2.25. The summed E-state index contributed by atoms with van der Waals surface area (Å²) in [6.45, 7) is 4.28. The average molecular weight is 221 g/mol. The Morgan fingerprint density at radius 3 is 2.75 bits per heavy atom. The monoisotopic (exact) mass is 221 g/mol. The van der Waals surface area contributed by atoms with E-state index in [1.165, 1.54) is 31.3 Å². The maximum Gasteiger partial charge on any atom is 0.226 e. The molecule has 0 aromatic rings. The van der Waals surface area contributed by atoms with Crippen LogP contribution in [0.3, 0.4) is 0 Å². The van der Waals surface area contributed by atoms with E-state index in [-0.39, 0.29) is 11.3 Å². The van der Waals surface area contributed by atoms with Crippen molar-refractivity contribution in [2.45, 2.75) is 64.8 Å². The van der Waals surface area contributed by atoms with Gasteiger partial charge in [-0.15, -0.1) is 0 Å². The first-order valence-electron chi connectivity index (χ1n) is 6.63. The van der Waals surface area contributed by atoms with Crippen LogP contribution in [0.4, 0.5) is 0 Å². The van der Waals surface area contributed by atoms with Gasteiger partial charge in [0.05, 0.1) is 5.41 Å². The number of nitrogens with one attached hydrogen (secondary N) is 1. The summed E-state index contributed by atoms with van der Waals surface area (Å²) in [6.07, 6.45) is 10.1. The van der Waals surface area contributed by atoms with Crippen LogP contribution in [-0.4, -0.2) is 11.9 Å². The van der Waals surface area contributed by atoms with Gasteiger partial charge in [-0.1, -0.05) is 38.3 Å². The first-order valence-corrected chi connectivity index (χ1v) is 6.63. The molecule has 0 bridgehead atoms. The van der Waals surface area contributed by atoms with E-state index in [2.05, 4.69) is 25.2 Å². The van der Waals surface area contributed by atoms with Gasteiger partial charge in [0.1, 0.15) is 0 Å². The molecule has 2 nitrogen and oxygen atoms in total. The van der Waals surface area contributed by atoms with E-state index < -0.39 is 0 Å². The summed E-state index contributed by atoms with van der Waals surface area (Å²) >= 11 is 0. The molecule has 2 rings (SSSR count). The van der Waals surface area contributed by atoms with Crippen LogP contribution in [0.15, 0.2) is 11.6 Å². The maximum absolute atomic E-state index is 12.2. The summed E-state index contributed by atoms with van der Waals surface area (Å²) in [5, 5.41) is 3.23. The first kappa shape index (κ1) is 11.7. The second-order valence-electron chi connectivity index (χ2n) is 5.61. The topological polar surface area (TPSA) is 29.1 Å². The molecule has 0 aromatic heterocycles. The molecule has 0 spiro atoms. The van der Waals surface area contributed by atoms with Crippen LogP contribution >= 0.6 is 0 Å². The zero-order valence-electron chi connectivity index (χ0n) is 10.5.